The molecule has 0 aliphatic carbocycles. The molecule has 0 bridgehead atoms. The van der Waals surface area contributed by atoms with Crippen LogP contribution in [-0.2, 0) is 11.3 Å². The van der Waals surface area contributed by atoms with Gasteiger partial charge in [-0.05, 0) is 50.1 Å². The molecule has 2 heterocycles. The van der Waals surface area contributed by atoms with E-state index in [-0.39, 0.29) is 23.6 Å². The fraction of sp³-hybridized carbons (Fsp3) is 0.333. The van der Waals surface area contributed by atoms with Crippen molar-refractivity contribution in [2.75, 3.05) is 5.32 Å². The number of hydrogen-bond acceptors (Lipinski definition) is 5. The van der Waals surface area contributed by atoms with Crippen LogP contribution in [0.4, 0.5) is 5.69 Å². The molecule has 2 amide bonds. The van der Waals surface area contributed by atoms with Crippen molar-refractivity contribution < 1.29 is 14.3 Å². The summed E-state index contributed by atoms with van der Waals surface area (Å²) in [4.78, 5) is 36.2. The zero-order valence-electron chi connectivity index (χ0n) is 18.0. The van der Waals surface area contributed by atoms with Gasteiger partial charge in [-0.3, -0.25) is 14.6 Å². The van der Waals surface area contributed by atoms with E-state index in [0.717, 1.165) is 17.5 Å². The van der Waals surface area contributed by atoms with Gasteiger partial charge in [-0.1, -0.05) is 26.0 Å². The SMILES string of the molecule is CC[C@@H]1Oc2ccc(NC(=O)c3cnc4ccccc4n3)cc2CN([C@H](C)CC)C1=O. The van der Waals surface area contributed by atoms with E-state index in [2.05, 4.69) is 22.2 Å². The van der Waals surface area contributed by atoms with Crippen molar-refractivity contribution in [3.05, 3.63) is 59.9 Å². The van der Waals surface area contributed by atoms with Gasteiger partial charge in [-0.2, -0.15) is 0 Å². The number of aromatic nitrogens is 2. The van der Waals surface area contributed by atoms with Crippen molar-refractivity contribution in [3.63, 3.8) is 0 Å². The van der Waals surface area contributed by atoms with Crippen molar-refractivity contribution in [2.24, 2.45) is 0 Å². The molecular weight excluding hydrogens is 392 g/mol. The number of para-hydroxylation sites is 2. The molecule has 2 atom stereocenters. The van der Waals surface area contributed by atoms with Gasteiger partial charge in [-0.25, -0.2) is 4.98 Å². The Labute approximate surface area is 181 Å². The van der Waals surface area contributed by atoms with E-state index in [4.69, 9.17) is 4.74 Å². The second-order valence-corrected chi connectivity index (χ2v) is 7.76. The molecule has 0 spiro atoms. The lowest BCUT2D eigenvalue weighted by molar-refractivity contribution is -0.140. The molecule has 1 aliphatic rings. The highest BCUT2D eigenvalue weighted by Gasteiger charge is 2.32. The number of carbonyl (C=O) groups excluding carboxylic acids is 2. The zero-order chi connectivity index (χ0) is 22.0. The number of nitrogens with zero attached hydrogens (tertiary/aromatic N) is 3. The highest BCUT2D eigenvalue weighted by molar-refractivity contribution is 6.03. The Morgan fingerprint density at radius 2 is 2.00 bits per heavy atom. The van der Waals surface area contributed by atoms with E-state index in [1.165, 1.54) is 6.20 Å². The Balaban J connectivity index is 1.59. The van der Waals surface area contributed by atoms with Gasteiger partial charge in [-0.15, -0.1) is 0 Å². The quantitative estimate of drug-likeness (QED) is 0.672. The van der Waals surface area contributed by atoms with Crippen LogP contribution in [0.1, 0.15) is 49.7 Å². The summed E-state index contributed by atoms with van der Waals surface area (Å²) in [5, 5.41) is 2.89. The Morgan fingerprint density at radius 3 is 2.74 bits per heavy atom. The van der Waals surface area contributed by atoms with Crippen LogP contribution < -0.4 is 10.1 Å². The van der Waals surface area contributed by atoms with E-state index in [1.54, 1.807) is 6.07 Å². The Kier molecular flexibility index (Phi) is 5.84. The molecule has 31 heavy (non-hydrogen) atoms. The van der Waals surface area contributed by atoms with E-state index in [1.807, 2.05) is 55.1 Å². The van der Waals surface area contributed by atoms with Gasteiger partial charge in [0.15, 0.2) is 6.10 Å². The van der Waals surface area contributed by atoms with Crippen molar-refractivity contribution >= 4 is 28.5 Å². The number of nitrogens with one attached hydrogen (secondary N) is 1. The maximum Gasteiger partial charge on any atom is 0.275 e. The van der Waals surface area contributed by atoms with E-state index < -0.39 is 6.10 Å². The predicted molar refractivity (Wildman–Crippen MR) is 119 cm³/mol. The number of ether oxygens (including phenoxy) is 1. The number of amides is 2. The summed E-state index contributed by atoms with van der Waals surface area (Å²) in [6, 6.07) is 13.0. The fourth-order valence-corrected chi connectivity index (χ4v) is 3.66. The maximum atomic E-state index is 12.9. The van der Waals surface area contributed by atoms with Crippen LogP contribution in [0.2, 0.25) is 0 Å². The summed E-state index contributed by atoms with van der Waals surface area (Å²) in [5.74, 6) is 0.341. The molecule has 3 aromatic rings. The minimum atomic E-state index is -0.497. The van der Waals surface area contributed by atoms with Gasteiger partial charge < -0.3 is 15.0 Å². The average Bonchev–Trinajstić information content (AvgIpc) is 2.94. The molecule has 1 aromatic heterocycles. The van der Waals surface area contributed by atoms with E-state index in [0.29, 0.717) is 29.9 Å². The summed E-state index contributed by atoms with van der Waals surface area (Å²) in [6.07, 6.45) is 2.43. The van der Waals surface area contributed by atoms with Crippen molar-refractivity contribution in [1.29, 1.82) is 0 Å². The van der Waals surface area contributed by atoms with Crippen molar-refractivity contribution in [1.82, 2.24) is 14.9 Å². The molecule has 7 nitrogen and oxygen atoms in total. The summed E-state index contributed by atoms with van der Waals surface area (Å²) < 4.78 is 6.01. The minimum absolute atomic E-state index is 0.00470. The molecule has 0 radical (unpaired) electrons. The first-order valence-electron chi connectivity index (χ1n) is 10.6. The molecule has 0 unspecified atom stereocenters. The maximum absolute atomic E-state index is 12.9. The lowest BCUT2D eigenvalue weighted by atomic mass is 10.1. The standard InChI is InChI=1S/C24H26N4O3/c1-4-15(3)28-14-16-12-17(10-11-22(16)31-21(5-2)24(28)30)26-23(29)20-13-25-18-8-6-7-9-19(18)27-20/h6-13,15,21H,4-5,14H2,1-3H3,(H,26,29)/t15-,21+/m1/s1. The van der Waals surface area contributed by atoms with Crippen LogP contribution in [-0.4, -0.2) is 38.8 Å². The highest BCUT2D eigenvalue weighted by Crippen LogP contribution is 2.30. The molecular formula is C24H26N4O3. The second kappa shape index (κ2) is 8.71. The summed E-state index contributed by atoms with van der Waals surface area (Å²) >= 11 is 0. The summed E-state index contributed by atoms with van der Waals surface area (Å²) in [5.41, 5.74) is 3.13. The van der Waals surface area contributed by atoms with Crippen molar-refractivity contribution in [3.8, 4) is 5.75 Å². The first-order valence-corrected chi connectivity index (χ1v) is 10.6. The van der Waals surface area contributed by atoms with Crippen LogP contribution in [0.15, 0.2) is 48.7 Å². The predicted octanol–water partition coefficient (Wildman–Crippen LogP) is 4.18. The number of rotatable bonds is 5. The molecule has 1 N–H and O–H groups in total. The molecule has 4 rings (SSSR count). The number of benzene rings is 2. The normalized spacial score (nSPS) is 16.9. The van der Waals surface area contributed by atoms with Crippen LogP contribution in [0.25, 0.3) is 11.0 Å². The molecule has 160 valence electrons. The van der Waals surface area contributed by atoms with Crippen LogP contribution in [0, 0.1) is 0 Å². The van der Waals surface area contributed by atoms with Gasteiger partial charge in [0.05, 0.1) is 17.2 Å². The first-order chi connectivity index (χ1) is 15.0. The topological polar surface area (TPSA) is 84.4 Å². The largest absolute Gasteiger partial charge is 0.480 e. The van der Waals surface area contributed by atoms with Gasteiger partial charge in [0, 0.05) is 23.8 Å². The summed E-state index contributed by atoms with van der Waals surface area (Å²) in [6.45, 7) is 6.49. The molecule has 2 aromatic carbocycles. The smallest absolute Gasteiger partial charge is 0.275 e. The van der Waals surface area contributed by atoms with Gasteiger partial charge >= 0.3 is 0 Å². The second-order valence-electron chi connectivity index (χ2n) is 7.76. The van der Waals surface area contributed by atoms with E-state index >= 15 is 0 Å². The molecule has 0 saturated heterocycles. The molecule has 1 aliphatic heterocycles. The fourth-order valence-electron chi connectivity index (χ4n) is 3.66. The number of anilines is 1. The van der Waals surface area contributed by atoms with Crippen LogP contribution in [0.3, 0.4) is 0 Å². The van der Waals surface area contributed by atoms with Gasteiger partial charge in [0.1, 0.15) is 11.4 Å². The monoisotopic (exact) mass is 418 g/mol. The Hall–Kier alpha value is -3.48. The van der Waals surface area contributed by atoms with Crippen molar-refractivity contribution in [2.45, 2.75) is 52.3 Å². The highest BCUT2D eigenvalue weighted by atomic mass is 16.5. The number of carbonyl (C=O) groups is 2. The Morgan fingerprint density at radius 1 is 1.23 bits per heavy atom. The minimum Gasteiger partial charge on any atom is -0.480 e. The van der Waals surface area contributed by atoms with Gasteiger partial charge in [0.2, 0.25) is 0 Å². The lowest BCUT2D eigenvalue weighted by Gasteiger charge is -2.28. The third-order valence-corrected chi connectivity index (χ3v) is 5.66. The average molecular weight is 418 g/mol. The molecule has 0 saturated carbocycles. The van der Waals surface area contributed by atoms with Crippen LogP contribution >= 0.6 is 0 Å². The van der Waals surface area contributed by atoms with E-state index in [9.17, 15) is 9.59 Å². The molecule has 0 fully saturated rings. The molecule has 7 heteroatoms. The van der Waals surface area contributed by atoms with Crippen LogP contribution in [0.5, 0.6) is 5.75 Å². The zero-order valence-corrected chi connectivity index (χ0v) is 18.0. The third kappa shape index (κ3) is 4.21. The van der Waals surface area contributed by atoms with Gasteiger partial charge in [0.25, 0.3) is 11.8 Å². The lowest BCUT2D eigenvalue weighted by Crippen LogP contribution is -2.43. The summed E-state index contributed by atoms with van der Waals surface area (Å²) in [7, 11) is 0. The Bertz CT molecular complexity index is 1130. The number of fused-ring (bicyclic) bond motifs is 2. The third-order valence-electron chi connectivity index (χ3n) is 5.66. The number of hydrogen-bond donors (Lipinski definition) is 1. The first kappa shape index (κ1) is 20.8.